The fourth-order valence-electron chi connectivity index (χ4n) is 4.68. The van der Waals surface area contributed by atoms with E-state index in [-0.39, 0.29) is 11.9 Å². The van der Waals surface area contributed by atoms with Crippen LogP contribution in [-0.4, -0.2) is 36.9 Å². The summed E-state index contributed by atoms with van der Waals surface area (Å²) >= 11 is 0. The number of benzene rings is 2. The molecule has 0 bridgehead atoms. The molecular formula is C24H27FN2O3. The van der Waals surface area contributed by atoms with Crippen LogP contribution in [0, 0.1) is 5.82 Å². The number of para-hydroxylation sites is 1. The molecule has 3 aromatic rings. The lowest BCUT2D eigenvalue weighted by Gasteiger charge is -2.29. The van der Waals surface area contributed by atoms with E-state index in [0.29, 0.717) is 30.9 Å². The molecule has 5 rings (SSSR count). The smallest absolute Gasteiger partial charge is 0.204 e. The van der Waals surface area contributed by atoms with Crippen LogP contribution in [0.15, 0.2) is 42.6 Å². The van der Waals surface area contributed by atoms with Gasteiger partial charge in [-0.3, -0.25) is 0 Å². The van der Waals surface area contributed by atoms with E-state index in [1.807, 2.05) is 37.4 Å². The predicted octanol–water partition coefficient (Wildman–Crippen LogP) is 4.77. The van der Waals surface area contributed by atoms with E-state index in [1.165, 1.54) is 11.6 Å². The summed E-state index contributed by atoms with van der Waals surface area (Å²) in [5.41, 5.74) is 2.22. The Bertz CT molecular complexity index is 1030. The largest absolute Gasteiger partial charge is 0.490 e. The van der Waals surface area contributed by atoms with Gasteiger partial charge in [-0.1, -0.05) is 6.07 Å². The van der Waals surface area contributed by atoms with Crippen LogP contribution in [0.1, 0.15) is 37.7 Å². The van der Waals surface area contributed by atoms with Gasteiger partial charge < -0.3 is 24.5 Å². The number of rotatable bonds is 6. The molecule has 158 valence electrons. The quantitative estimate of drug-likeness (QED) is 0.615. The van der Waals surface area contributed by atoms with Crippen molar-refractivity contribution in [3.8, 4) is 17.2 Å². The third-order valence-corrected chi connectivity index (χ3v) is 6.13. The number of hydrogen-bond acceptors (Lipinski definition) is 4. The lowest BCUT2D eigenvalue weighted by atomic mass is 9.97. The van der Waals surface area contributed by atoms with Gasteiger partial charge in [-0.15, -0.1) is 0 Å². The van der Waals surface area contributed by atoms with E-state index in [9.17, 15) is 4.39 Å². The Balaban J connectivity index is 1.20. The number of hydrogen-bond donors (Lipinski definition) is 2. The van der Waals surface area contributed by atoms with Crippen molar-refractivity contribution < 1.29 is 18.6 Å². The number of halogens is 1. The molecule has 30 heavy (non-hydrogen) atoms. The van der Waals surface area contributed by atoms with Crippen molar-refractivity contribution >= 4 is 10.9 Å². The van der Waals surface area contributed by atoms with E-state index in [1.54, 1.807) is 6.07 Å². The van der Waals surface area contributed by atoms with Crippen LogP contribution >= 0.6 is 0 Å². The molecule has 0 amide bonds. The summed E-state index contributed by atoms with van der Waals surface area (Å²) in [6.45, 7) is 3.79. The van der Waals surface area contributed by atoms with Crippen molar-refractivity contribution in [2.75, 3.05) is 19.8 Å². The Morgan fingerprint density at radius 1 is 1.23 bits per heavy atom. The van der Waals surface area contributed by atoms with Crippen LogP contribution in [0.2, 0.25) is 0 Å². The predicted molar refractivity (Wildman–Crippen MR) is 114 cm³/mol. The van der Waals surface area contributed by atoms with Crippen molar-refractivity contribution in [1.29, 1.82) is 0 Å². The number of H-pyrrole nitrogens is 1. The second-order valence-corrected chi connectivity index (χ2v) is 8.12. The van der Waals surface area contributed by atoms with Crippen LogP contribution in [-0.2, 0) is 0 Å². The summed E-state index contributed by atoms with van der Waals surface area (Å²) in [6.07, 6.45) is 5.22. The zero-order valence-electron chi connectivity index (χ0n) is 17.1. The second kappa shape index (κ2) is 8.19. The van der Waals surface area contributed by atoms with Crippen LogP contribution in [0.3, 0.4) is 0 Å². The average molecular weight is 410 g/mol. The number of fused-ring (bicyclic) bond motifs is 2. The average Bonchev–Trinajstić information content (AvgIpc) is 3.39. The standard InChI is InChI=1S/C24H27FN2O3/c1-2-28-22-4-3-5-23-24(22)30-18(14-29-23)12-26-17-8-6-15(10-17)20-13-27-21-9-7-16(25)11-19(20)21/h3-5,7,9,11,13,15,17-18,26-27H,2,6,8,10,12,14H2,1H3/t15-,17+,18-/m0/s1. The molecule has 5 nitrogen and oxygen atoms in total. The summed E-state index contributed by atoms with van der Waals surface area (Å²) in [7, 11) is 0. The molecule has 2 N–H and O–H groups in total. The molecule has 1 fully saturated rings. The molecule has 6 heteroatoms. The van der Waals surface area contributed by atoms with Gasteiger partial charge in [-0.25, -0.2) is 4.39 Å². The van der Waals surface area contributed by atoms with Gasteiger partial charge in [0.15, 0.2) is 11.5 Å². The molecule has 0 spiro atoms. The van der Waals surface area contributed by atoms with Gasteiger partial charge in [-0.2, -0.15) is 0 Å². The normalized spacial score (nSPS) is 23.1. The first-order valence-electron chi connectivity index (χ1n) is 10.8. The third-order valence-electron chi connectivity index (χ3n) is 6.13. The first-order chi connectivity index (χ1) is 14.7. The van der Waals surface area contributed by atoms with E-state index >= 15 is 0 Å². The molecule has 1 saturated carbocycles. The van der Waals surface area contributed by atoms with Gasteiger partial charge in [0.1, 0.15) is 18.5 Å². The number of aromatic nitrogens is 1. The van der Waals surface area contributed by atoms with Gasteiger partial charge in [0.25, 0.3) is 0 Å². The number of ether oxygens (including phenoxy) is 3. The SMILES string of the molecule is CCOc1cccc2c1O[C@@H](CN[C@@H]1CC[C@H](c3c[nH]c4ccc(F)cc34)C1)CO2. The molecule has 1 aliphatic carbocycles. The van der Waals surface area contributed by atoms with Gasteiger partial charge in [-0.05, 0) is 68.0 Å². The molecule has 1 aromatic heterocycles. The summed E-state index contributed by atoms with van der Waals surface area (Å²) in [5, 5.41) is 4.66. The van der Waals surface area contributed by atoms with Gasteiger partial charge in [0, 0.05) is 29.7 Å². The highest BCUT2D eigenvalue weighted by Crippen LogP contribution is 2.41. The minimum atomic E-state index is -0.183. The first kappa shape index (κ1) is 19.2. The monoisotopic (exact) mass is 410 g/mol. The molecule has 3 atom stereocenters. The van der Waals surface area contributed by atoms with Crippen LogP contribution < -0.4 is 19.5 Å². The highest BCUT2D eigenvalue weighted by atomic mass is 19.1. The van der Waals surface area contributed by atoms with Crippen molar-refractivity contribution in [3.63, 3.8) is 0 Å². The highest BCUT2D eigenvalue weighted by Gasteiger charge is 2.30. The topological polar surface area (TPSA) is 55.5 Å². The fourth-order valence-corrected chi connectivity index (χ4v) is 4.68. The van der Waals surface area contributed by atoms with Crippen molar-refractivity contribution in [2.45, 2.75) is 44.2 Å². The molecule has 2 aliphatic rings. The summed E-state index contributed by atoms with van der Waals surface area (Å²) < 4.78 is 31.5. The fraction of sp³-hybridized carbons (Fsp3) is 0.417. The first-order valence-corrected chi connectivity index (χ1v) is 10.8. The summed E-state index contributed by atoms with van der Waals surface area (Å²) in [6, 6.07) is 11.1. The summed E-state index contributed by atoms with van der Waals surface area (Å²) in [4.78, 5) is 3.28. The molecule has 0 saturated heterocycles. The Hall–Kier alpha value is -2.73. The van der Waals surface area contributed by atoms with Crippen LogP contribution in [0.25, 0.3) is 10.9 Å². The zero-order valence-corrected chi connectivity index (χ0v) is 17.1. The second-order valence-electron chi connectivity index (χ2n) is 8.12. The maximum Gasteiger partial charge on any atom is 0.204 e. The molecule has 2 aromatic carbocycles. The maximum atomic E-state index is 13.7. The maximum absolute atomic E-state index is 13.7. The van der Waals surface area contributed by atoms with Crippen LogP contribution in [0.5, 0.6) is 17.2 Å². The summed E-state index contributed by atoms with van der Waals surface area (Å²) in [5.74, 6) is 2.42. The Kier molecular flexibility index (Phi) is 5.25. The van der Waals surface area contributed by atoms with Gasteiger partial charge in [0.05, 0.1) is 6.61 Å². The van der Waals surface area contributed by atoms with Crippen molar-refractivity contribution in [1.82, 2.24) is 10.3 Å². The van der Waals surface area contributed by atoms with Crippen LogP contribution in [0.4, 0.5) is 4.39 Å². The number of nitrogens with one attached hydrogen (secondary N) is 2. The third kappa shape index (κ3) is 3.72. The molecule has 1 aliphatic heterocycles. The Morgan fingerprint density at radius 2 is 2.17 bits per heavy atom. The molecule has 2 heterocycles. The highest BCUT2D eigenvalue weighted by molar-refractivity contribution is 5.83. The zero-order chi connectivity index (χ0) is 20.5. The Labute approximate surface area is 175 Å². The lowest BCUT2D eigenvalue weighted by molar-refractivity contribution is 0.0834. The minimum Gasteiger partial charge on any atom is -0.490 e. The lowest BCUT2D eigenvalue weighted by Crippen LogP contribution is -2.41. The molecular weight excluding hydrogens is 383 g/mol. The Morgan fingerprint density at radius 3 is 3.07 bits per heavy atom. The molecule has 0 radical (unpaired) electrons. The van der Waals surface area contributed by atoms with Crippen molar-refractivity contribution in [3.05, 3.63) is 54.0 Å². The number of aromatic amines is 1. The van der Waals surface area contributed by atoms with E-state index in [4.69, 9.17) is 14.2 Å². The molecule has 0 unspecified atom stereocenters. The van der Waals surface area contributed by atoms with E-state index in [0.717, 1.165) is 48.2 Å². The van der Waals surface area contributed by atoms with E-state index < -0.39 is 0 Å². The van der Waals surface area contributed by atoms with Gasteiger partial charge in [0.2, 0.25) is 5.75 Å². The van der Waals surface area contributed by atoms with Gasteiger partial charge >= 0.3 is 0 Å². The minimum absolute atomic E-state index is 0.0552. The van der Waals surface area contributed by atoms with E-state index in [2.05, 4.69) is 10.3 Å². The van der Waals surface area contributed by atoms with Crippen molar-refractivity contribution in [2.24, 2.45) is 0 Å².